The first-order valence-corrected chi connectivity index (χ1v) is 10.7. The van der Waals surface area contributed by atoms with Gasteiger partial charge < -0.3 is 25.4 Å². The molecule has 1 aliphatic rings. The van der Waals surface area contributed by atoms with Crippen LogP contribution >= 0.6 is 0 Å². The van der Waals surface area contributed by atoms with Crippen LogP contribution in [0.3, 0.4) is 0 Å². The van der Waals surface area contributed by atoms with E-state index in [0.717, 1.165) is 73.0 Å². The number of benzene rings is 1. The van der Waals surface area contributed by atoms with Gasteiger partial charge in [0, 0.05) is 69.6 Å². The number of hydrogen-bond donors (Lipinski definition) is 3. The zero-order valence-corrected chi connectivity index (χ0v) is 18.2. The van der Waals surface area contributed by atoms with Gasteiger partial charge in [-0.15, -0.1) is 0 Å². The molecule has 1 aliphatic heterocycles. The first-order chi connectivity index (χ1) is 15.1. The maximum atomic E-state index is 13.3. The molecule has 0 amide bonds. The van der Waals surface area contributed by atoms with Gasteiger partial charge in [0.15, 0.2) is 5.96 Å². The van der Waals surface area contributed by atoms with Crippen LogP contribution in [0.1, 0.15) is 11.1 Å². The predicted molar refractivity (Wildman–Crippen MR) is 124 cm³/mol. The molecule has 4 rings (SSSR count). The van der Waals surface area contributed by atoms with Crippen molar-refractivity contribution in [3.05, 3.63) is 59.7 Å². The fourth-order valence-electron chi connectivity index (χ4n) is 3.83. The van der Waals surface area contributed by atoms with Gasteiger partial charge in [-0.1, -0.05) is 6.07 Å². The molecule has 0 atom stereocenters. The summed E-state index contributed by atoms with van der Waals surface area (Å²) in [6, 6.07) is 9.05. The van der Waals surface area contributed by atoms with Crippen molar-refractivity contribution in [2.75, 3.05) is 51.7 Å². The largest absolute Gasteiger partial charge is 0.361 e. The van der Waals surface area contributed by atoms with E-state index in [4.69, 9.17) is 0 Å². The minimum atomic E-state index is -0.227. The molecule has 3 aromatic rings. The minimum absolute atomic E-state index is 0.227. The summed E-state index contributed by atoms with van der Waals surface area (Å²) >= 11 is 0. The highest BCUT2D eigenvalue weighted by atomic mass is 19.1. The van der Waals surface area contributed by atoms with Crippen molar-refractivity contribution in [2.24, 2.45) is 4.99 Å². The van der Waals surface area contributed by atoms with E-state index in [9.17, 15) is 4.39 Å². The number of likely N-dealkylation sites (N-methyl/N-ethyl adjacent to an activating group) is 1. The molecule has 1 aromatic carbocycles. The lowest BCUT2D eigenvalue weighted by molar-refractivity contribution is 0.312. The van der Waals surface area contributed by atoms with Gasteiger partial charge in [0.2, 0.25) is 0 Å². The van der Waals surface area contributed by atoms with Gasteiger partial charge in [-0.3, -0.25) is 4.99 Å². The number of piperazine rings is 1. The highest BCUT2D eigenvalue weighted by molar-refractivity contribution is 5.83. The smallest absolute Gasteiger partial charge is 0.191 e. The second-order valence-corrected chi connectivity index (χ2v) is 7.92. The second-order valence-electron chi connectivity index (χ2n) is 7.92. The van der Waals surface area contributed by atoms with Crippen LogP contribution in [-0.4, -0.2) is 67.6 Å². The third kappa shape index (κ3) is 5.32. The summed E-state index contributed by atoms with van der Waals surface area (Å²) in [5.41, 5.74) is 3.09. The average molecular weight is 424 g/mol. The Balaban J connectivity index is 1.24. The zero-order valence-electron chi connectivity index (χ0n) is 18.2. The highest BCUT2D eigenvalue weighted by Crippen LogP contribution is 2.19. The van der Waals surface area contributed by atoms with Crippen molar-refractivity contribution in [2.45, 2.75) is 13.0 Å². The fourth-order valence-corrected chi connectivity index (χ4v) is 3.83. The number of halogens is 1. The van der Waals surface area contributed by atoms with Gasteiger partial charge in [-0.05, 0) is 48.9 Å². The number of H-pyrrole nitrogens is 1. The monoisotopic (exact) mass is 423 g/mol. The SMILES string of the molecule is CN=C(NCCc1c[nH]c2cc(F)ccc12)NCc1ccc(N2CCN(C)CC2)nc1. The van der Waals surface area contributed by atoms with Gasteiger partial charge in [-0.25, -0.2) is 9.37 Å². The summed E-state index contributed by atoms with van der Waals surface area (Å²) in [5, 5.41) is 7.73. The maximum absolute atomic E-state index is 13.3. The first-order valence-electron chi connectivity index (χ1n) is 10.7. The molecule has 0 radical (unpaired) electrons. The average Bonchev–Trinajstić information content (AvgIpc) is 3.19. The maximum Gasteiger partial charge on any atom is 0.191 e. The Morgan fingerprint density at radius 2 is 2.00 bits per heavy atom. The molecule has 0 spiro atoms. The summed E-state index contributed by atoms with van der Waals surface area (Å²) in [6.07, 6.45) is 4.68. The molecule has 3 heterocycles. The molecule has 7 nitrogen and oxygen atoms in total. The van der Waals surface area contributed by atoms with Gasteiger partial charge in [0.25, 0.3) is 0 Å². The lowest BCUT2D eigenvalue weighted by atomic mass is 10.1. The van der Waals surface area contributed by atoms with E-state index in [2.05, 4.69) is 54.6 Å². The number of anilines is 1. The lowest BCUT2D eigenvalue weighted by Crippen LogP contribution is -2.44. The second kappa shape index (κ2) is 9.78. The molecule has 0 unspecified atom stereocenters. The Hall–Kier alpha value is -3.13. The number of aliphatic imine (C=N–C) groups is 1. The van der Waals surface area contributed by atoms with E-state index in [1.807, 2.05) is 18.5 Å². The van der Waals surface area contributed by atoms with Crippen molar-refractivity contribution in [3.63, 3.8) is 0 Å². The van der Waals surface area contributed by atoms with Crippen LogP contribution in [0.25, 0.3) is 10.9 Å². The molecular weight excluding hydrogens is 393 g/mol. The minimum Gasteiger partial charge on any atom is -0.361 e. The zero-order chi connectivity index (χ0) is 21.6. The van der Waals surface area contributed by atoms with E-state index in [0.29, 0.717) is 6.54 Å². The molecule has 0 bridgehead atoms. The van der Waals surface area contributed by atoms with Crippen molar-refractivity contribution in [1.82, 2.24) is 25.5 Å². The number of fused-ring (bicyclic) bond motifs is 1. The Bertz CT molecular complexity index is 1020. The lowest BCUT2D eigenvalue weighted by Gasteiger charge is -2.33. The van der Waals surface area contributed by atoms with Crippen LogP contribution in [0.15, 0.2) is 47.7 Å². The Labute approximate surface area is 182 Å². The van der Waals surface area contributed by atoms with E-state index in [1.54, 1.807) is 7.05 Å². The summed E-state index contributed by atoms with van der Waals surface area (Å²) in [6.45, 7) is 5.56. The molecular formula is C23H30FN7. The summed E-state index contributed by atoms with van der Waals surface area (Å²) in [4.78, 5) is 16.7. The van der Waals surface area contributed by atoms with Gasteiger partial charge >= 0.3 is 0 Å². The molecule has 3 N–H and O–H groups in total. The van der Waals surface area contributed by atoms with Gasteiger partial charge in [0.05, 0.1) is 0 Å². The van der Waals surface area contributed by atoms with Crippen molar-refractivity contribution in [3.8, 4) is 0 Å². The van der Waals surface area contributed by atoms with Crippen LogP contribution in [0.5, 0.6) is 0 Å². The molecule has 31 heavy (non-hydrogen) atoms. The number of hydrogen-bond acceptors (Lipinski definition) is 4. The van der Waals surface area contributed by atoms with Crippen molar-refractivity contribution < 1.29 is 4.39 Å². The number of pyridine rings is 1. The Morgan fingerprint density at radius 3 is 2.74 bits per heavy atom. The molecule has 0 aliphatic carbocycles. The van der Waals surface area contributed by atoms with E-state index >= 15 is 0 Å². The molecule has 1 saturated heterocycles. The number of rotatable bonds is 6. The van der Waals surface area contributed by atoms with E-state index in [1.165, 1.54) is 12.1 Å². The number of nitrogens with zero attached hydrogens (tertiary/aromatic N) is 4. The Kier molecular flexibility index (Phi) is 6.66. The summed E-state index contributed by atoms with van der Waals surface area (Å²) in [7, 11) is 3.92. The van der Waals surface area contributed by atoms with Crippen LogP contribution in [0, 0.1) is 5.82 Å². The number of aromatic amines is 1. The normalized spacial score (nSPS) is 15.5. The number of guanidine groups is 1. The standard InChI is InChI=1S/C23H30FN7/c1-25-23(26-8-7-18-16-27-21-13-19(24)4-5-20(18)21)29-15-17-3-6-22(28-14-17)31-11-9-30(2)10-12-31/h3-6,13-14,16,27H,7-12,15H2,1-2H3,(H2,25,26,29). The van der Waals surface area contributed by atoms with E-state index < -0.39 is 0 Å². The Morgan fingerprint density at radius 1 is 1.16 bits per heavy atom. The third-order valence-electron chi connectivity index (χ3n) is 5.74. The highest BCUT2D eigenvalue weighted by Gasteiger charge is 2.15. The van der Waals surface area contributed by atoms with Gasteiger partial charge in [-0.2, -0.15) is 0 Å². The van der Waals surface area contributed by atoms with Crippen LogP contribution in [0.4, 0.5) is 10.2 Å². The van der Waals surface area contributed by atoms with Crippen LogP contribution in [-0.2, 0) is 13.0 Å². The van der Waals surface area contributed by atoms with Crippen LogP contribution in [0.2, 0.25) is 0 Å². The summed E-state index contributed by atoms with van der Waals surface area (Å²) < 4.78 is 13.3. The molecule has 1 fully saturated rings. The molecule has 0 saturated carbocycles. The van der Waals surface area contributed by atoms with Crippen molar-refractivity contribution >= 4 is 22.7 Å². The quantitative estimate of drug-likeness (QED) is 0.419. The predicted octanol–water partition coefficient (Wildman–Crippen LogP) is 2.36. The summed E-state index contributed by atoms with van der Waals surface area (Å²) in [5.74, 6) is 1.56. The number of aromatic nitrogens is 2. The molecule has 2 aromatic heterocycles. The third-order valence-corrected chi connectivity index (χ3v) is 5.74. The molecule has 164 valence electrons. The topological polar surface area (TPSA) is 71.6 Å². The fraction of sp³-hybridized carbons (Fsp3) is 0.391. The van der Waals surface area contributed by atoms with E-state index in [-0.39, 0.29) is 5.82 Å². The number of nitrogens with one attached hydrogen (secondary N) is 3. The molecule has 8 heteroatoms. The van der Waals surface area contributed by atoms with Crippen LogP contribution < -0.4 is 15.5 Å². The first kappa shape index (κ1) is 21.1. The van der Waals surface area contributed by atoms with Gasteiger partial charge in [0.1, 0.15) is 11.6 Å². The van der Waals surface area contributed by atoms with Crippen molar-refractivity contribution in [1.29, 1.82) is 0 Å².